The van der Waals surface area contributed by atoms with E-state index >= 15 is 0 Å². The first-order chi connectivity index (χ1) is 9.16. The molecule has 0 unspecified atom stereocenters. The highest BCUT2D eigenvalue weighted by atomic mass is 32.1. The lowest BCUT2D eigenvalue weighted by atomic mass is 10.1. The van der Waals surface area contributed by atoms with Gasteiger partial charge in [0.2, 0.25) is 11.0 Å². The summed E-state index contributed by atoms with van der Waals surface area (Å²) in [5, 5.41) is 4.00. The van der Waals surface area contributed by atoms with Crippen molar-refractivity contribution in [1.29, 1.82) is 0 Å². The first kappa shape index (κ1) is 14.2. The molecule has 19 heavy (non-hydrogen) atoms. The number of hydrogen-bond donors (Lipinski definition) is 1. The summed E-state index contributed by atoms with van der Waals surface area (Å²) in [5.41, 5.74) is 0. The van der Waals surface area contributed by atoms with Gasteiger partial charge >= 0.3 is 0 Å². The molecule has 0 saturated carbocycles. The Hall–Kier alpha value is -1.17. The highest BCUT2D eigenvalue weighted by Gasteiger charge is 2.16. The number of rotatable bonds is 5. The summed E-state index contributed by atoms with van der Waals surface area (Å²) in [5.74, 6) is 1.47. The van der Waals surface area contributed by atoms with Crippen molar-refractivity contribution >= 4 is 22.6 Å². The molecule has 1 aliphatic rings. The van der Waals surface area contributed by atoms with Gasteiger partial charge in [-0.25, -0.2) is 4.98 Å². The van der Waals surface area contributed by atoms with Crippen molar-refractivity contribution in [3.05, 3.63) is 5.82 Å². The molecule has 1 aromatic rings. The number of hydrogen-bond acceptors (Lipinski definition) is 5. The molecule has 5 nitrogen and oxygen atoms in total. The van der Waals surface area contributed by atoms with Crippen LogP contribution in [0.1, 0.15) is 51.3 Å². The first-order valence-electron chi connectivity index (χ1n) is 7.02. The Morgan fingerprint density at radius 1 is 1.37 bits per heavy atom. The van der Waals surface area contributed by atoms with E-state index in [9.17, 15) is 4.79 Å². The van der Waals surface area contributed by atoms with Gasteiger partial charge < -0.3 is 10.2 Å². The fourth-order valence-electron chi connectivity index (χ4n) is 2.12. The van der Waals surface area contributed by atoms with Crippen LogP contribution in [0.4, 0.5) is 5.13 Å². The molecule has 0 aliphatic carbocycles. The third kappa shape index (κ3) is 4.16. The number of aromatic nitrogens is 2. The Morgan fingerprint density at radius 3 is 2.74 bits per heavy atom. The van der Waals surface area contributed by atoms with Crippen molar-refractivity contribution in [2.75, 3.05) is 25.0 Å². The molecule has 1 aliphatic heterocycles. The van der Waals surface area contributed by atoms with E-state index < -0.39 is 0 Å². The second kappa shape index (κ2) is 6.84. The van der Waals surface area contributed by atoms with E-state index in [1.165, 1.54) is 18.0 Å². The van der Waals surface area contributed by atoms with E-state index in [2.05, 4.69) is 28.5 Å². The van der Waals surface area contributed by atoms with Gasteiger partial charge in [0.1, 0.15) is 5.82 Å². The van der Waals surface area contributed by atoms with Crippen molar-refractivity contribution in [3.8, 4) is 0 Å². The summed E-state index contributed by atoms with van der Waals surface area (Å²) in [7, 11) is 0. The predicted octanol–water partition coefficient (Wildman–Crippen LogP) is 2.48. The van der Waals surface area contributed by atoms with Crippen molar-refractivity contribution in [2.24, 2.45) is 0 Å². The zero-order valence-electron chi connectivity index (χ0n) is 11.7. The number of amides is 1. The normalized spacial score (nSPS) is 15.8. The molecule has 6 heteroatoms. The molecule has 0 aromatic carbocycles. The zero-order valence-corrected chi connectivity index (χ0v) is 12.5. The van der Waals surface area contributed by atoms with E-state index in [4.69, 9.17) is 0 Å². The molecule has 2 rings (SSSR count). The second-order valence-corrected chi connectivity index (χ2v) is 5.98. The standard InChI is InChI=1S/C13H22N4OS/c1-10(2)12-15-13(19-16-12)14-7-6-11(18)17-8-4-3-5-9-17/h10H,3-9H2,1-2H3,(H,14,15,16). The highest BCUT2D eigenvalue weighted by molar-refractivity contribution is 7.09. The van der Waals surface area contributed by atoms with Gasteiger partial charge in [-0.3, -0.25) is 4.79 Å². The van der Waals surface area contributed by atoms with Crippen molar-refractivity contribution in [3.63, 3.8) is 0 Å². The summed E-state index contributed by atoms with van der Waals surface area (Å²) in [6.45, 7) is 6.64. The maximum absolute atomic E-state index is 12.0. The number of anilines is 1. The number of nitrogens with one attached hydrogen (secondary N) is 1. The van der Waals surface area contributed by atoms with Crippen LogP contribution in [0.5, 0.6) is 0 Å². The molecule has 106 valence electrons. The molecule has 0 spiro atoms. The molecule has 0 bridgehead atoms. The minimum absolute atomic E-state index is 0.251. The van der Waals surface area contributed by atoms with Crippen LogP contribution in [0.15, 0.2) is 0 Å². The zero-order chi connectivity index (χ0) is 13.7. The fourth-order valence-corrected chi connectivity index (χ4v) is 2.85. The van der Waals surface area contributed by atoms with E-state index in [0.717, 1.165) is 36.9 Å². The van der Waals surface area contributed by atoms with Crippen LogP contribution >= 0.6 is 11.5 Å². The van der Waals surface area contributed by atoms with Gasteiger partial charge in [0.05, 0.1) is 0 Å². The molecule has 2 heterocycles. The van der Waals surface area contributed by atoms with E-state index in [-0.39, 0.29) is 5.91 Å². The summed E-state index contributed by atoms with van der Waals surface area (Å²) in [6, 6.07) is 0. The first-order valence-corrected chi connectivity index (χ1v) is 7.79. The minimum Gasteiger partial charge on any atom is -0.360 e. The number of nitrogens with zero attached hydrogens (tertiary/aromatic N) is 3. The Kier molecular flexibility index (Phi) is 5.13. The topological polar surface area (TPSA) is 58.1 Å². The lowest BCUT2D eigenvalue weighted by molar-refractivity contribution is -0.131. The number of carbonyl (C=O) groups is 1. The number of likely N-dealkylation sites (tertiary alicyclic amines) is 1. The highest BCUT2D eigenvalue weighted by Crippen LogP contribution is 2.17. The molecule has 1 N–H and O–H groups in total. The van der Waals surface area contributed by atoms with Gasteiger partial charge in [0, 0.05) is 43.5 Å². The molecule has 1 saturated heterocycles. The van der Waals surface area contributed by atoms with Crippen LogP contribution in [0.25, 0.3) is 0 Å². The maximum atomic E-state index is 12.0. The van der Waals surface area contributed by atoms with Gasteiger partial charge in [-0.15, -0.1) is 0 Å². The summed E-state index contributed by atoms with van der Waals surface area (Å²) < 4.78 is 4.28. The molecular weight excluding hydrogens is 260 g/mol. The summed E-state index contributed by atoms with van der Waals surface area (Å²) >= 11 is 1.37. The Labute approximate surface area is 118 Å². The van der Waals surface area contributed by atoms with Gasteiger partial charge in [-0.2, -0.15) is 4.37 Å². The smallest absolute Gasteiger partial charge is 0.224 e. The quantitative estimate of drug-likeness (QED) is 0.901. The minimum atomic E-state index is 0.251. The third-order valence-corrected chi connectivity index (χ3v) is 3.97. The van der Waals surface area contributed by atoms with Crippen LogP contribution < -0.4 is 5.32 Å². The van der Waals surface area contributed by atoms with Gasteiger partial charge in [-0.1, -0.05) is 13.8 Å². The van der Waals surface area contributed by atoms with E-state index in [0.29, 0.717) is 18.9 Å². The molecule has 0 atom stereocenters. The van der Waals surface area contributed by atoms with Gasteiger partial charge in [0.15, 0.2) is 0 Å². The molecule has 1 fully saturated rings. The van der Waals surface area contributed by atoms with Gasteiger partial charge in [-0.05, 0) is 19.3 Å². The molecule has 1 aromatic heterocycles. The number of carbonyl (C=O) groups excluding carboxylic acids is 1. The average Bonchev–Trinajstić information content (AvgIpc) is 2.89. The van der Waals surface area contributed by atoms with E-state index in [1.807, 2.05) is 4.90 Å². The third-order valence-electron chi connectivity index (χ3n) is 3.28. The van der Waals surface area contributed by atoms with Crippen LogP contribution in [0, 0.1) is 0 Å². The van der Waals surface area contributed by atoms with Crippen molar-refractivity contribution in [2.45, 2.75) is 45.4 Å². The SMILES string of the molecule is CC(C)c1nsc(NCCC(=O)N2CCCCC2)n1. The van der Waals surface area contributed by atoms with Crippen LogP contribution in [-0.2, 0) is 4.79 Å². The van der Waals surface area contributed by atoms with Gasteiger partial charge in [0.25, 0.3) is 0 Å². The van der Waals surface area contributed by atoms with E-state index in [1.54, 1.807) is 0 Å². The second-order valence-electron chi connectivity index (χ2n) is 5.23. The molecule has 0 radical (unpaired) electrons. The van der Waals surface area contributed by atoms with Crippen molar-refractivity contribution < 1.29 is 4.79 Å². The largest absolute Gasteiger partial charge is 0.360 e. The monoisotopic (exact) mass is 282 g/mol. The molecular formula is C13H22N4OS. The maximum Gasteiger partial charge on any atom is 0.224 e. The Balaban J connectivity index is 1.71. The Bertz CT molecular complexity index is 413. The average molecular weight is 282 g/mol. The fraction of sp³-hybridized carbons (Fsp3) is 0.769. The van der Waals surface area contributed by atoms with Crippen LogP contribution in [0.3, 0.4) is 0 Å². The lowest BCUT2D eigenvalue weighted by Crippen LogP contribution is -2.36. The van der Waals surface area contributed by atoms with Crippen LogP contribution in [0.2, 0.25) is 0 Å². The van der Waals surface area contributed by atoms with Crippen LogP contribution in [-0.4, -0.2) is 39.8 Å². The predicted molar refractivity (Wildman–Crippen MR) is 77.5 cm³/mol. The number of piperidine rings is 1. The lowest BCUT2D eigenvalue weighted by Gasteiger charge is -2.26. The van der Waals surface area contributed by atoms with Crippen molar-refractivity contribution in [1.82, 2.24) is 14.3 Å². The summed E-state index contributed by atoms with van der Waals surface area (Å²) in [6.07, 6.45) is 4.09. The Morgan fingerprint density at radius 2 is 2.11 bits per heavy atom. The molecule has 1 amide bonds. The summed E-state index contributed by atoms with van der Waals surface area (Å²) in [4.78, 5) is 18.3.